The molecule has 39 heavy (non-hydrogen) atoms. The van der Waals surface area contributed by atoms with E-state index in [1.807, 2.05) is 11.8 Å². The van der Waals surface area contributed by atoms with Gasteiger partial charge in [-0.2, -0.15) is 0 Å². The van der Waals surface area contributed by atoms with Gasteiger partial charge in [0.1, 0.15) is 0 Å². The molecule has 2 aliphatic rings. The fraction of sp³-hybridized carbons (Fsp3) is 0.167. The summed E-state index contributed by atoms with van der Waals surface area (Å²) in [7, 11) is 2.39. The van der Waals surface area contributed by atoms with Crippen LogP contribution in [0.4, 0.5) is 17.1 Å². The molecule has 0 aromatic heterocycles. The number of hydrogen-bond donors (Lipinski definition) is 0. The Balaban J connectivity index is 1.23. The van der Waals surface area contributed by atoms with Crippen LogP contribution < -0.4 is 10.4 Å². The molecule has 1 radical (unpaired) electrons. The van der Waals surface area contributed by atoms with Crippen molar-refractivity contribution in [1.29, 1.82) is 0 Å². The van der Waals surface area contributed by atoms with E-state index in [2.05, 4.69) is 147 Å². The maximum absolute atomic E-state index is 2.45. The van der Waals surface area contributed by atoms with Crippen molar-refractivity contribution >= 4 is 63.1 Å². The SMILES string of the molecule is CC1C=CC=CC1(C)CC[B]c1ccc(N2c3cc4ccccc4cc3Sc3cc4ccccc4cc32)cc1. The standard InChI is InChI=1S/C36H31BNS/c1-25-9-7-8-18-36(25,2)19-20-37-30-14-16-31(17-15-30)38-32-21-26-10-3-5-12-28(26)23-34(32)39-35-24-29-13-6-4-11-27(29)22-33(35)38/h3-18,21-25H,19-20H2,1-2H3. The number of anilines is 3. The van der Waals surface area contributed by atoms with Crippen molar-refractivity contribution in [2.45, 2.75) is 36.4 Å². The van der Waals surface area contributed by atoms with E-state index in [-0.39, 0.29) is 5.41 Å². The summed E-state index contributed by atoms with van der Waals surface area (Å²) < 4.78 is 0. The fourth-order valence-corrected chi connectivity index (χ4v) is 7.07. The highest BCUT2D eigenvalue weighted by atomic mass is 32.2. The normalized spacial score (nSPS) is 19.7. The van der Waals surface area contributed by atoms with Gasteiger partial charge in [0, 0.05) is 15.5 Å². The zero-order valence-corrected chi connectivity index (χ0v) is 23.3. The van der Waals surface area contributed by atoms with Gasteiger partial charge in [-0.25, -0.2) is 0 Å². The summed E-state index contributed by atoms with van der Waals surface area (Å²) >= 11 is 1.88. The van der Waals surface area contributed by atoms with Crippen LogP contribution in [0, 0.1) is 11.3 Å². The first kappa shape index (κ1) is 24.4. The molecule has 0 spiro atoms. The first-order valence-corrected chi connectivity index (χ1v) is 14.7. The van der Waals surface area contributed by atoms with Gasteiger partial charge < -0.3 is 4.90 Å². The van der Waals surface area contributed by atoms with Crippen LogP contribution in [0.15, 0.2) is 131 Å². The molecule has 3 heteroatoms. The molecule has 7 rings (SSSR count). The summed E-state index contributed by atoms with van der Waals surface area (Å²) in [6, 6.07) is 35.9. The second-order valence-electron chi connectivity index (χ2n) is 11.1. The fourth-order valence-electron chi connectivity index (χ4n) is 5.95. The number of nitrogens with zero attached hydrogens (tertiary/aromatic N) is 1. The Morgan fingerprint density at radius 3 is 1.87 bits per heavy atom. The van der Waals surface area contributed by atoms with Crippen LogP contribution in [0.5, 0.6) is 0 Å². The molecule has 2 unspecified atom stereocenters. The van der Waals surface area contributed by atoms with Crippen molar-refractivity contribution in [2.24, 2.45) is 11.3 Å². The molecule has 1 aliphatic heterocycles. The Morgan fingerprint density at radius 1 is 0.744 bits per heavy atom. The van der Waals surface area contributed by atoms with Crippen molar-refractivity contribution in [3.63, 3.8) is 0 Å². The summed E-state index contributed by atoms with van der Waals surface area (Å²) in [5.41, 5.74) is 5.21. The summed E-state index contributed by atoms with van der Waals surface area (Å²) in [6.07, 6.45) is 11.3. The number of hydrogen-bond acceptors (Lipinski definition) is 2. The summed E-state index contributed by atoms with van der Waals surface area (Å²) in [5, 5.41) is 5.10. The monoisotopic (exact) mass is 520 g/mol. The van der Waals surface area contributed by atoms with Crippen LogP contribution in [-0.2, 0) is 0 Å². The van der Waals surface area contributed by atoms with Gasteiger partial charge in [0.2, 0.25) is 0 Å². The molecule has 1 nitrogen and oxygen atoms in total. The third kappa shape index (κ3) is 4.49. The van der Waals surface area contributed by atoms with E-state index in [4.69, 9.17) is 0 Å². The zero-order chi connectivity index (χ0) is 26.4. The average Bonchev–Trinajstić information content (AvgIpc) is 2.96. The molecule has 0 fully saturated rings. The van der Waals surface area contributed by atoms with Gasteiger partial charge in [0.15, 0.2) is 7.28 Å². The molecule has 5 aromatic rings. The Morgan fingerprint density at radius 2 is 1.31 bits per heavy atom. The molecule has 5 aromatic carbocycles. The van der Waals surface area contributed by atoms with Gasteiger partial charge in [-0.05, 0) is 69.3 Å². The van der Waals surface area contributed by atoms with E-state index < -0.39 is 0 Å². The zero-order valence-electron chi connectivity index (χ0n) is 22.5. The van der Waals surface area contributed by atoms with Crippen molar-refractivity contribution in [3.05, 3.63) is 121 Å². The molecule has 1 heterocycles. The van der Waals surface area contributed by atoms with E-state index >= 15 is 0 Å². The smallest absolute Gasteiger partial charge is 0.151 e. The lowest BCUT2D eigenvalue weighted by Crippen LogP contribution is -2.25. The van der Waals surface area contributed by atoms with Crippen molar-refractivity contribution in [3.8, 4) is 0 Å². The first-order chi connectivity index (χ1) is 19.1. The topological polar surface area (TPSA) is 3.24 Å². The highest BCUT2D eigenvalue weighted by molar-refractivity contribution is 7.99. The number of fused-ring (bicyclic) bond motifs is 4. The van der Waals surface area contributed by atoms with E-state index in [0.717, 1.165) is 12.7 Å². The molecular formula is C36H31BNS. The van der Waals surface area contributed by atoms with Gasteiger partial charge >= 0.3 is 0 Å². The molecule has 0 bridgehead atoms. The molecule has 0 N–H and O–H groups in total. The van der Waals surface area contributed by atoms with Crippen LogP contribution in [-0.4, -0.2) is 7.28 Å². The molecule has 1 aliphatic carbocycles. The predicted molar refractivity (Wildman–Crippen MR) is 171 cm³/mol. The minimum Gasteiger partial charge on any atom is -0.308 e. The maximum Gasteiger partial charge on any atom is 0.151 e. The van der Waals surface area contributed by atoms with Crippen LogP contribution in [0.25, 0.3) is 21.5 Å². The van der Waals surface area contributed by atoms with Crippen molar-refractivity contribution in [1.82, 2.24) is 0 Å². The second kappa shape index (κ2) is 9.81. The quantitative estimate of drug-likeness (QED) is 0.208. The van der Waals surface area contributed by atoms with E-state index in [1.54, 1.807) is 0 Å². The first-order valence-electron chi connectivity index (χ1n) is 13.9. The van der Waals surface area contributed by atoms with Gasteiger partial charge in [0.05, 0.1) is 11.4 Å². The minimum absolute atomic E-state index is 0.232. The summed E-state index contributed by atoms with van der Waals surface area (Å²) in [4.78, 5) is 5.04. The average molecular weight is 521 g/mol. The number of rotatable bonds is 5. The lowest BCUT2D eigenvalue weighted by atomic mass is 9.61. The molecule has 0 saturated carbocycles. The van der Waals surface area contributed by atoms with Crippen LogP contribution in [0.2, 0.25) is 6.32 Å². The highest BCUT2D eigenvalue weighted by Gasteiger charge is 2.28. The van der Waals surface area contributed by atoms with Crippen molar-refractivity contribution < 1.29 is 0 Å². The van der Waals surface area contributed by atoms with Crippen LogP contribution in [0.1, 0.15) is 20.3 Å². The molecular weight excluding hydrogens is 489 g/mol. The van der Waals surface area contributed by atoms with E-state index in [9.17, 15) is 0 Å². The number of allylic oxidation sites excluding steroid dienone is 4. The van der Waals surface area contributed by atoms with Gasteiger partial charge in [-0.3, -0.25) is 0 Å². The number of benzene rings is 5. The molecule has 2 atom stereocenters. The lowest BCUT2D eigenvalue weighted by Gasteiger charge is -2.34. The highest BCUT2D eigenvalue weighted by Crippen LogP contribution is 2.53. The summed E-state index contributed by atoms with van der Waals surface area (Å²) in [5.74, 6) is 0.572. The lowest BCUT2D eigenvalue weighted by molar-refractivity contribution is 0.313. The molecule has 0 saturated heterocycles. The van der Waals surface area contributed by atoms with E-state index in [0.29, 0.717) is 5.92 Å². The minimum atomic E-state index is 0.232. The summed E-state index contributed by atoms with van der Waals surface area (Å²) in [6.45, 7) is 4.71. The predicted octanol–water partition coefficient (Wildman–Crippen LogP) is 9.83. The van der Waals surface area contributed by atoms with Crippen LogP contribution >= 0.6 is 11.8 Å². The maximum atomic E-state index is 2.45. The third-order valence-electron chi connectivity index (χ3n) is 8.60. The Bertz CT molecular complexity index is 1670. The van der Waals surface area contributed by atoms with E-state index in [1.165, 1.54) is 53.9 Å². The van der Waals surface area contributed by atoms with Crippen molar-refractivity contribution in [2.75, 3.05) is 4.90 Å². The Kier molecular flexibility index (Phi) is 6.13. The van der Waals surface area contributed by atoms with Gasteiger partial charge in [-0.1, -0.05) is 129 Å². The molecule has 189 valence electrons. The Labute approximate surface area is 236 Å². The van der Waals surface area contributed by atoms with Gasteiger partial charge in [0.25, 0.3) is 0 Å². The molecule has 0 amide bonds. The third-order valence-corrected chi connectivity index (χ3v) is 9.69. The largest absolute Gasteiger partial charge is 0.308 e. The van der Waals surface area contributed by atoms with Crippen LogP contribution in [0.3, 0.4) is 0 Å². The second-order valence-corrected chi connectivity index (χ2v) is 12.2. The Hall–Kier alpha value is -3.69. The van der Waals surface area contributed by atoms with Gasteiger partial charge in [-0.15, -0.1) is 0 Å².